The van der Waals surface area contributed by atoms with Crippen molar-refractivity contribution in [3.8, 4) is 5.75 Å². The van der Waals surface area contributed by atoms with Crippen LogP contribution in [-0.2, 0) is 6.18 Å². The Balaban J connectivity index is 1.87. The molecule has 0 aliphatic carbocycles. The number of nitrogens with one attached hydrogen (secondary N) is 3. The van der Waals surface area contributed by atoms with Crippen LogP contribution in [0.3, 0.4) is 0 Å². The largest absolute Gasteiger partial charge is 0.495 e. The minimum atomic E-state index is -4.51. The van der Waals surface area contributed by atoms with Crippen LogP contribution < -0.4 is 15.4 Å². The first-order valence-corrected chi connectivity index (χ1v) is 8.11. The second-order valence-electron chi connectivity index (χ2n) is 5.73. The topological polar surface area (TPSA) is 91.9 Å². The van der Waals surface area contributed by atoms with Gasteiger partial charge in [-0.05, 0) is 29.8 Å². The van der Waals surface area contributed by atoms with Crippen molar-refractivity contribution in [2.75, 3.05) is 12.4 Å². The van der Waals surface area contributed by atoms with Crippen molar-refractivity contribution in [1.29, 1.82) is 0 Å². The number of urea groups is 1. The van der Waals surface area contributed by atoms with Gasteiger partial charge in [-0.3, -0.25) is 5.10 Å². The van der Waals surface area contributed by atoms with E-state index in [4.69, 9.17) is 4.74 Å². The number of nitrogens with zero attached hydrogens (tertiary/aromatic N) is 2. The molecule has 1 aromatic heterocycles. The number of alkyl halides is 3. The highest BCUT2D eigenvalue weighted by atomic mass is 19.4. The number of aromatic amines is 1. The third-order valence-electron chi connectivity index (χ3n) is 3.88. The number of methoxy groups -OCH3 is 1. The smallest absolute Gasteiger partial charge is 0.416 e. The number of anilines is 1. The lowest BCUT2D eigenvalue weighted by Crippen LogP contribution is -2.34. The van der Waals surface area contributed by atoms with Gasteiger partial charge in [-0.25, -0.2) is 9.78 Å². The fourth-order valence-corrected chi connectivity index (χ4v) is 2.60. The van der Waals surface area contributed by atoms with Crippen LogP contribution in [0.5, 0.6) is 5.75 Å². The van der Waals surface area contributed by atoms with Gasteiger partial charge in [0.05, 0.1) is 18.4 Å². The van der Waals surface area contributed by atoms with Crippen molar-refractivity contribution in [2.45, 2.75) is 12.2 Å². The van der Waals surface area contributed by atoms with Crippen LogP contribution in [0.1, 0.15) is 23.0 Å². The average molecular weight is 391 g/mol. The molecule has 28 heavy (non-hydrogen) atoms. The van der Waals surface area contributed by atoms with E-state index in [1.807, 2.05) is 0 Å². The van der Waals surface area contributed by atoms with Crippen molar-refractivity contribution < 1.29 is 22.7 Å². The molecule has 7 nitrogen and oxygen atoms in total. The van der Waals surface area contributed by atoms with Crippen LogP contribution in [0.15, 0.2) is 54.9 Å². The van der Waals surface area contributed by atoms with Crippen LogP contribution in [0, 0.1) is 0 Å². The Morgan fingerprint density at radius 2 is 1.96 bits per heavy atom. The van der Waals surface area contributed by atoms with E-state index in [2.05, 4.69) is 25.8 Å². The van der Waals surface area contributed by atoms with E-state index in [0.717, 1.165) is 12.1 Å². The molecule has 0 unspecified atom stereocenters. The third-order valence-corrected chi connectivity index (χ3v) is 3.88. The van der Waals surface area contributed by atoms with Crippen molar-refractivity contribution in [3.63, 3.8) is 0 Å². The van der Waals surface area contributed by atoms with E-state index in [-0.39, 0.29) is 11.4 Å². The highest BCUT2D eigenvalue weighted by Gasteiger charge is 2.31. The molecule has 0 saturated carbocycles. The van der Waals surface area contributed by atoms with Crippen molar-refractivity contribution in [2.24, 2.45) is 0 Å². The summed E-state index contributed by atoms with van der Waals surface area (Å²) in [5.41, 5.74) is -0.230. The number of carbonyl (C=O) groups is 1. The number of hydrogen-bond acceptors (Lipinski definition) is 4. The van der Waals surface area contributed by atoms with Crippen LogP contribution in [0.2, 0.25) is 0 Å². The summed E-state index contributed by atoms with van der Waals surface area (Å²) >= 11 is 0. The van der Waals surface area contributed by atoms with E-state index in [1.165, 1.54) is 25.6 Å². The van der Waals surface area contributed by atoms with E-state index in [9.17, 15) is 18.0 Å². The van der Waals surface area contributed by atoms with Crippen LogP contribution in [-0.4, -0.2) is 28.3 Å². The number of aromatic nitrogens is 3. The number of amides is 2. The normalized spacial score (nSPS) is 12.3. The monoisotopic (exact) mass is 391 g/mol. The van der Waals surface area contributed by atoms with Crippen molar-refractivity contribution in [3.05, 3.63) is 71.8 Å². The van der Waals surface area contributed by atoms with Crippen LogP contribution in [0.25, 0.3) is 0 Å². The summed E-state index contributed by atoms with van der Waals surface area (Å²) in [5, 5.41) is 11.5. The number of rotatable bonds is 5. The second-order valence-corrected chi connectivity index (χ2v) is 5.73. The van der Waals surface area contributed by atoms with Gasteiger partial charge in [-0.1, -0.05) is 24.3 Å². The van der Waals surface area contributed by atoms with Gasteiger partial charge < -0.3 is 15.4 Å². The quantitative estimate of drug-likeness (QED) is 0.618. The summed E-state index contributed by atoms with van der Waals surface area (Å²) in [6.45, 7) is 0. The van der Waals surface area contributed by atoms with E-state index >= 15 is 0 Å². The summed E-state index contributed by atoms with van der Waals surface area (Å²) in [4.78, 5) is 16.4. The maximum Gasteiger partial charge on any atom is 0.416 e. The van der Waals surface area contributed by atoms with Gasteiger partial charge in [0.1, 0.15) is 18.1 Å². The van der Waals surface area contributed by atoms with Gasteiger partial charge in [0.2, 0.25) is 0 Å². The first-order chi connectivity index (χ1) is 13.4. The summed E-state index contributed by atoms with van der Waals surface area (Å²) in [6.07, 6.45) is -3.31. The number of hydrogen-bond donors (Lipinski definition) is 3. The maximum absolute atomic E-state index is 13.1. The van der Waals surface area contributed by atoms with E-state index in [1.54, 1.807) is 24.3 Å². The Morgan fingerprint density at radius 3 is 2.64 bits per heavy atom. The zero-order valence-electron chi connectivity index (χ0n) is 14.6. The number of H-pyrrole nitrogens is 1. The molecule has 2 amide bonds. The molecule has 3 rings (SSSR count). The second kappa shape index (κ2) is 7.99. The van der Waals surface area contributed by atoms with Crippen molar-refractivity contribution >= 4 is 11.7 Å². The van der Waals surface area contributed by atoms with E-state index < -0.39 is 23.8 Å². The molecule has 0 spiro atoms. The first kappa shape index (κ1) is 19.2. The lowest BCUT2D eigenvalue weighted by molar-refractivity contribution is -0.137. The molecule has 3 aromatic rings. The summed E-state index contributed by atoms with van der Waals surface area (Å²) in [5.74, 6) is 0.627. The summed E-state index contributed by atoms with van der Waals surface area (Å²) in [6, 6.07) is 9.76. The van der Waals surface area contributed by atoms with Gasteiger partial charge in [0.25, 0.3) is 0 Å². The highest BCUT2D eigenvalue weighted by molar-refractivity contribution is 5.91. The van der Waals surface area contributed by atoms with Crippen molar-refractivity contribution in [1.82, 2.24) is 20.5 Å². The molecule has 1 heterocycles. The number of ether oxygens (including phenoxy) is 1. The highest BCUT2D eigenvalue weighted by Crippen LogP contribution is 2.31. The Kier molecular flexibility index (Phi) is 5.48. The Hall–Kier alpha value is -3.56. The average Bonchev–Trinajstić information content (AvgIpc) is 3.20. The van der Waals surface area contributed by atoms with Crippen LogP contribution >= 0.6 is 0 Å². The molecular formula is C18H16F3N5O2. The molecule has 0 fully saturated rings. The van der Waals surface area contributed by atoms with Gasteiger partial charge in [0.15, 0.2) is 5.82 Å². The first-order valence-electron chi connectivity index (χ1n) is 8.11. The number of carbonyl (C=O) groups excluding carboxylic acids is 1. The predicted molar refractivity (Wildman–Crippen MR) is 94.8 cm³/mol. The standard InChI is InChI=1S/C18H16F3N5O2/c1-28-14-8-3-2-7-13(14)24-17(27)25-15(16-22-10-23-26-16)11-5-4-6-12(9-11)18(19,20)21/h2-10,15H,1H3,(H,22,23,26)(H2,24,25,27)/t15-/m0/s1. The molecule has 10 heteroatoms. The maximum atomic E-state index is 13.1. The molecule has 0 radical (unpaired) electrons. The molecule has 1 atom stereocenters. The van der Waals surface area contributed by atoms with Gasteiger partial charge in [-0.15, -0.1) is 0 Å². The third kappa shape index (κ3) is 4.40. The van der Waals surface area contributed by atoms with Crippen LogP contribution in [0.4, 0.5) is 23.7 Å². The molecule has 3 N–H and O–H groups in total. The van der Waals surface area contributed by atoms with Gasteiger partial charge in [0, 0.05) is 0 Å². The van der Waals surface area contributed by atoms with E-state index in [0.29, 0.717) is 11.4 Å². The fraction of sp³-hybridized carbons (Fsp3) is 0.167. The minimum Gasteiger partial charge on any atom is -0.495 e. The zero-order valence-corrected chi connectivity index (χ0v) is 14.6. The Morgan fingerprint density at radius 1 is 1.18 bits per heavy atom. The Labute approximate surface area is 157 Å². The molecular weight excluding hydrogens is 375 g/mol. The van der Waals surface area contributed by atoms with Gasteiger partial charge >= 0.3 is 12.2 Å². The zero-order chi connectivity index (χ0) is 20.1. The SMILES string of the molecule is COc1ccccc1NC(=O)N[C@@H](c1cccc(C(F)(F)F)c1)c1ncn[nH]1. The minimum absolute atomic E-state index is 0.189. The molecule has 146 valence electrons. The summed E-state index contributed by atoms with van der Waals surface area (Å²) in [7, 11) is 1.46. The fourth-order valence-electron chi connectivity index (χ4n) is 2.60. The summed E-state index contributed by atoms with van der Waals surface area (Å²) < 4.78 is 44.3. The predicted octanol–water partition coefficient (Wildman–Crippen LogP) is 3.74. The number of para-hydroxylation sites is 2. The lowest BCUT2D eigenvalue weighted by Gasteiger charge is -2.19. The molecule has 0 aliphatic rings. The number of benzene rings is 2. The molecule has 2 aromatic carbocycles. The Bertz CT molecular complexity index is 944. The number of halogens is 3. The molecule has 0 aliphatic heterocycles. The van der Waals surface area contributed by atoms with Gasteiger partial charge in [-0.2, -0.15) is 18.3 Å². The molecule has 0 bridgehead atoms. The lowest BCUT2D eigenvalue weighted by atomic mass is 10.0. The molecule has 0 saturated heterocycles.